The number of carbonyl (C=O) groups excluding carboxylic acids is 2. The molecule has 5 rings (SSSR count). The summed E-state index contributed by atoms with van der Waals surface area (Å²) < 4.78 is 15.6. The molecular formula is C28H27NO5S. The number of nitrogens with one attached hydrogen (secondary N) is 1. The van der Waals surface area contributed by atoms with E-state index < -0.39 is 17.2 Å². The zero-order valence-corrected chi connectivity index (χ0v) is 20.1. The maximum absolute atomic E-state index is 12.7. The summed E-state index contributed by atoms with van der Waals surface area (Å²) in [6, 6.07) is 31.2. The zero-order chi connectivity index (χ0) is 24.3. The molecule has 2 saturated heterocycles. The van der Waals surface area contributed by atoms with E-state index in [9.17, 15) is 9.59 Å². The van der Waals surface area contributed by atoms with Crippen LogP contribution in [0, 0.1) is 5.92 Å². The van der Waals surface area contributed by atoms with Crippen LogP contribution >= 0.6 is 11.8 Å². The number of ether oxygens (including phenoxy) is 3. The first kappa shape index (κ1) is 23.6. The molecule has 0 bridgehead atoms. The van der Waals surface area contributed by atoms with Crippen molar-refractivity contribution in [3.63, 3.8) is 0 Å². The van der Waals surface area contributed by atoms with E-state index in [0.717, 1.165) is 16.7 Å². The molecule has 180 valence electrons. The van der Waals surface area contributed by atoms with E-state index in [1.165, 1.54) is 6.92 Å². The quantitative estimate of drug-likeness (QED) is 0.287. The number of hydrogen-bond acceptors (Lipinski definition) is 6. The van der Waals surface area contributed by atoms with Gasteiger partial charge in [-0.05, 0) is 23.1 Å². The van der Waals surface area contributed by atoms with E-state index in [4.69, 9.17) is 14.2 Å². The molecule has 0 aromatic heterocycles. The Morgan fingerprint density at radius 3 is 1.91 bits per heavy atom. The van der Waals surface area contributed by atoms with Gasteiger partial charge in [-0.1, -0.05) is 91.0 Å². The van der Waals surface area contributed by atoms with Gasteiger partial charge in [0.15, 0.2) is 0 Å². The van der Waals surface area contributed by atoms with Crippen LogP contribution in [-0.2, 0) is 28.5 Å². The van der Waals surface area contributed by atoms with Gasteiger partial charge in [0, 0.05) is 6.92 Å². The second kappa shape index (κ2) is 10.2. The lowest BCUT2D eigenvalue weighted by atomic mass is 9.84. The molecule has 1 amide bonds. The third-order valence-electron chi connectivity index (χ3n) is 6.33. The van der Waals surface area contributed by atoms with Gasteiger partial charge in [-0.3, -0.25) is 9.59 Å². The zero-order valence-electron chi connectivity index (χ0n) is 19.3. The highest BCUT2D eigenvalue weighted by Crippen LogP contribution is 2.52. The monoisotopic (exact) mass is 489 g/mol. The van der Waals surface area contributed by atoms with Crippen molar-refractivity contribution in [2.45, 2.75) is 36.0 Å². The Morgan fingerprint density at radius 1 is 0.943 bits per heavy atom. The molecule has 0 spiro atoms. The molecule has 6 nitrogen and oxygen atoms in total. The lowest BCUT2D eigenvalue weighted by Crippen LogP contribution is -2.58. The Hall–Kier alpha value is -3.13. The van der Waals surface area contributed by atoms with Gasteiger partial charge in [0.2, 0.25) is 5.91 Å². The molecular weight excluding hydrogens is 462 g/mol. The Bertz CT molecular complexity index is 1060. The summed E-state index contributed by atoms with van der Waals surface area (Å²) in [5.74, 6) is -0.742. The van der Waals surface area contributed by atoms with E-state index in [2.05, 4.69) is 41.7 Å². The van der Waals surface area contributed by atoms with Crippen molar-refractivity contribution in [3.05, 3.63) is 108 Å². The third-order valence-corrected chi connectivity index (χ3v) is 8.09. The fraction of sp³-hybridized carbons (Fsp3) is 0.286. The molecule has 0 saturated carbocycles. The van der Waals surface area contributed by atoms with E-state index in [1.54, 1.807) is 11.8 Å². The summed E-state index contributed by atoms with van der Waals surface area (Å²) in [6.07, 6.45) is 0.161. The van der Waals surface area contributed by atoms with Crippen molar-refractivity contribution >= 4 is 23.6 Å². The molecule has 0 radical (unpaired) electrons. The highest BCUT2D eigenvalue weighted by molar-refractivity contribution is 8.01. The van der Waals surface area contributed by atoms with Crippen LogP contribution in [0.25, 0.3) is 0 Å². The molecule has 2 aliphatic rings. The lowest BCUT2D eigenvalue weighted by Gasteiger charge is -2.44. The molecule has 4 unspecified atom stereocenters. The minimum absolute atomic E-state index is 0.00915. The number of rotatable bonds is 8. The van der Waals surface area contributed by atoms with Gasteiger partial charge in [0.05, 0.1) is 28.7 Å². The average molecular weight is 490 g/mol. The lowest BCUT2D eigenvalue weighted by molar-refractivity contribution is -0.231. The van der Waals surface area contributed by atoms with E-state index >= 15 is 0 Å². The van der Waals surface area contributed by atoms with Crippen LogP contribution in [0.1, 0.15) is 30.0 Å². The van der Waals surface area contributed by atoms with Crippen LogP contribution in [0.4, 0.5) is 0 Å². The minimum atomic E-state index is -1.01. The molecule has 2 fully saturated rings. The highest BCUT2D eigenvalue weighted by atomic mass is 32.2. The molecule has 7 heteroatoms. The highest BCUT2D eigenvalue weighted by Gasteiger charge is 2.49. The van der Waals surface area contributed by atoms with Crippen LogP contribution in [0.5, 0.6) is 0 Å². The van der Waals surface area contributed by atoms with Crippen molar-refractivity contribution in [1.29, 1.82) is 0 Å². The molecule has 4 atom stereocenters. The molecule has 3 aromatic rings. The van der Waals surface area contributed by atoms with Crippen molar-refractivity contribution in [1.82, 2.24) is 5.32 Å². The second-order valence-corrected chi connectivity index (χ2v) is 10.0. The normalized spacial score (nSPS) is 23.9. The molecule has 2 aliphatic heterocycles. The largest absolute Gasteiger partial charge is 0.410 e. The van der Waals surface area contributed by atoms with Crippen LogP contribution < -0.4 is 5.32 Å². The first-order valence-corrected chi connectivity index (χ1v) is 12.5. The second-order valence-electron chi connectivity index (χ2n) is 8.66. The summed E-state index contributed by atoms with van der Waals surface area (Å²) in [4.78, 5) is 23.9. The van der Waals surface area contributed by atoms with Crippen molar-refractivity contribution in [2.24, 2.45) is 5.92 Å². The number of amides is 1. The molecule has 2 heterocycles. The third kappa shape index (κ3) is 4.85. The Labute approximate surface area is 209 Å². The van der Waals surface area contributed by atoms with Crippen LogP contribution in [-0.4, -0.2) is 36.4 Å². The maximum Gasteiger partial charge on any atom is 0.318 e. The first-order chi connectivity index (χ1) is 17.1. The fourth-order valence-corrected chi connectivity index (χ4v) is 6.44. The Balaban J connectivity index is 1.46. The van der Waals surface area contributed by atoms with Gasteiger partial charge in [-0.2, -0.15) is 0 Å². The molecule has 3 aromatic carbocycles. The first-order valence-electron chi connectivity index (χ1n) is 11.7. The SMILES string of the molecule is CC(=O)OC1OCC(CC2C(=O)NC2SC(c2ccccc2)(c2ccccc2)c2ccccc2)O1. The number of hydrogen-bond donors (Lipinski definition) is 1. The van der Waals surface area contributed by atoms with E-state index in [-0.39, 0.29) is 29.9 Å². The Kier molecular flexibility index (Phi) is 6.90. The number of esters is 1. The van der Waals surface area contributed by atoms with Gasteiger partial charge in [-0.25, -0.2) is 0 Å². The van der Waals surface area contributed by atoms with Gasteiger partial charge in [-0.15, -0.1) is 11.8 Å². The summed E-state index contributed by atoms with van der Waals surface area (Å²) in [5.41, 5.74) is 3.41. The summed E-state index contributed by atoms with van der Waals surface area (Å²) in [6.45, 7) is 0.576. The van der Waals surface area contributed by atoms with E-state index in [1.807, 2.05) is 54.6 Å². The standard InChI is InChI=1S/C28H27NO5S/c1-19(30)33-27-32-18-23(34-27)17-24-25(31)29-26(24)35-28(20-11-5-2-6-12-20,21-13-7-3-8-14-21)22-15-9-4-10-16-22/h2-16,23-24,26-27H,17-18H2,1H3,(H,29,31). The van der Waals surface area contributed by atoms with Gasteiger partial charge in [0.25, 0.3) is 0 Å². The van der Waals surface area contributed by atoms with E-state index in [0.29, 0.717) is 6.42 Å². The van der Waals surface area contributed by atoms with Crippen molar-refractivity contribution in [2.75, 3.05) is 6.61 Å². The van der Waals surface area contributed by atoms with Crippen molar-refractivity contribution in [3.8, 4) is 0 Å². The number of thioether (sulfide) groups is 1. The summed E-state index contributed by atoms with van der Waals surface area (Å²) in [5, 5.41) is 2.98. The number of benzene rings is 3. The maximum atomic E-state index is 12.7. The summed E-state index contributed by atoms with van der Waals surface area (Å²) in [7, 11) is 0. The molecule has 0 aliphatic carbocycles. The number of carbonyl (C=O) groups is 2. The average Bonchev–Trinajstić information content (AvgIpc) is 3.33. The predicted molar refractivity (Wildman–Crippen MR) is 133 cm³/mol. The van der Waals surface area contributed by atoms with Gasteiger partial charge >= 0.3 is 12.4 Å². The van der Waals surface area contributed by atoms with Crippen LogP contribution in [0.15, 0.2) is 91.0 Å². The predicted octanol–water partition coefficient (Wildman–Crippen LogP) is 4.44. The fourth-order valence-electron chi connectivity index (χ4n) is 4.67. The van der Waals surface area contributed by atoms with Gasteiger partial charge in [0.1, 0.15) is 0 Å². The van der Waals surface area contributed by atoms with Crippen LogP contribution in [0.3, 0.4) is 0 Å². The van der Waals surface area contributed by atoms with Gasteiger partial charge < -0.3 is 19.5 Å². The molecule has 1 N–H and O–H groups in total. The minimum Gasteiger partial charge on any atom is -0.410 e. The van der Waals surface area contributed by atoms with Crippen molar-refractivity contribution < 1.29 is 23.8 Å². The number of β-lactam (4-membered cyclic amide) rings is 1. The smallest absolute Gasteiger partial charge is 0.318 e. The summed E-state index contributed by atoms with van der Waals surface area (Å²) >= 11 is 1.73. The molecule has 35 heavy (non-hydrogen) atoms. The topological polar surface area (TPSA) is 73.9 Å². The van der Waals surface area contributed by atoms with Crippen LogP contribution in [0.2, 0.25) is 0 Å². The Morgan fingerprint density at radius 2 is 1.46 bits per heavy atom.